The fraction of sp³-hybridized carbons (Fsp3) is 0.435. The normalized spacial score (nSPS) is 16.7. The predicted molar refractivity (Wildman–Crippen MR) is 118 cm³/mol. The first-order valence-electron chi connectivity index (χ1n) is 10.9. The maximum Gasteiger partial charge on any atom is 0.417 e. The van der Waals surface area contributed by atoms with Crippen LogP contribution >= 0.6 is 0 Å². The van der Waals surface area contributed by atoms with Crippen molar-refractivity contribution < 1.29 is 31.1 Å². The molecule has 6 nitrogen and oxygen atoms in total. The van der Waals surface area contributed by atoms with Crippen LogP contribution in [0, 0.1) is 0 Å². The van der Waals surface area contributed by atoms with E-state index in [2.05, 4.69) is 11.1 Å². The van der Waals surface area contributed by atoms with E-state index in [0.29, 0.717) is 18.0 Å². The number of nitrogens with zero attached hydrogens (tertiary/aromatic N) is 2. The van der Waals surface area contributed by atoms with E-state index in [0.717, 1.165) is 35.6 Å². The Morgan fingerprint density at radius 3 is 2.64 bits per heavy atom. The number of benzene rings is 1. The summed E-state index contributed by atoms with van der Waals surface area (Å²) in [5, 5.41) is 0. The molecule has 178 valence electrons. The zero-order valence-electron chi connectivity index (χ0n) is 18.2. The quantitative estimate of drug-likeness (QED) is 0.568. The summed E-state index contributed by atoms with van der Waals surface area (Å²) in [6.07, 6.45) is 3.35. The van der Waals surface area contributed by atoms with E-state index in [1.807, 2.05) is 6.07 Å². The maximum absolute atomic E-state index is 13.6. The van der Waals surface area contributed by atoms with Gasteiger partial charge in [0.25, 0.3) is 10.0 Å². The van der Waals surface area contributed by atoms with Gasteiger partial charge < -0.3 is 9.47 Å². The Morgan fingerprint density at radius 1 is 1.18 bits per heavy atom. The first kappa shape index (κ1) is 23.4. The number of fused-ring (bicyclic) bond motifs is 1. The summed E-state index contributed by atoms with van der Waals surface area (Å²) in [6.45, 7) is 1.68. The summed E-state index contributed by atoms with van der Waals surface area (Å²) in [7, 11) is -4.42. The molecule has 10 heteroatoms. The van der Waals surface area contributed by atoms with Gasteiger partial charge in [0.05, 0.1) is 24.4 Å². The molecule has 1 aliphatic carbocycles. The molecular formula is C23H25F3N2O4S. The minimum Gasteiger partial charge on any atom is -0.489 e. The van der Waals surface area contributed by atoms with Crippen molar-refractivity contribution in [1.82, 2.24) is 4.98 Å². The fourth-order valence-corrected chi connectivity index (χ4v) is 5.63. The van der Waals surface area contributed by atoms with Gasteiger partial charge in [0.1, 0.15) is 12.4 Å². The predicted octanol–water partition coefficient (Wildman–Crippen LogP) is 5.43. The number of alkyl halides is 3. The van der Waals surface area contributed by atoms with Crippen molar-refractivity contribution >= 4 is 21.8 Å². The monoisotopic (exact) mass is 482 g/mol. The molecule has 33 heavy (non-hydrogen) atoms. The third kappa shape index (κ3) is 4.95. The van der Waals surface area contributed by atoms with E-state index in [9.17, 15) is 21.6 Å². The molecule has 1 aromatic heterocycles. The number of hydrogen-bond donors (Lipinski definition) is 0. The number of pyridine rings is 1. The highest BCUT2D eigenvalue weighted by molar-refractivity contribution is 7.93. The lowest BCUT2D eigenvalue weighted by molar-refractivity contribution is -0.138. The number of sulfonamides is 1. The summed E-state index contributed by atoms with van der Waals surface area (Å²) in [5.74, 6) is -0.00691. The summed E-state index contributed by atoms with van der Waals surface area (Å²) < 4.78 is 79.1. The fourth-order valence-electron chi connectivity index (χ4n) is 4.07. The average molecular weight is 483 g/mol. The van der Waals surface area contributed by atoms with Gasteiger partial charge in [-0.3, -0.25) is 4.31 Å². The molecule has 0 N–H and O–H groups in total. The van der Waals surface area contributed by atoms with E-state index < -0.39 is 26.7 Å². The van der Waals surface area contributed by atoms with Crippen LogP contribution in [0.25, 0.3) is 6.08 Å². The van der Waals surface area contributed by atoms with Crippen LogP contribution in [0.2, 0.25) is 0 Å². The number of hydrogen-bond acceptors (Lipinski definition) is 5. The highest BCUT2D eigenvalue weighted by atomic mass is 32.2. The highest BCUT2D eigenvalue weighted by Gasteiger charge is 2.37. The van der Waals surface area contributed by atoms with Gasteiger partial charge in [-0.15, -0.1) is 0 Å². The number of ether oxygens (including phenoxy) is 2. The van der Waals surface area contributed by atoms with Crippen molar-refractivity contribution in [3.63, 3.8) is 0 Å². The minimum atomic E-state index is -4.75. The lowest BCUT2D eigenvalue weighted by Crippen LogP contribution is -2.38. The minimum absolute atomic E-state index is 0.0445. The first-order valence-corrected chi connectivity index (χ1v) is 12.3. The van der Waals surface area contributed by atoms with Crippen molar-refractivity contribution in [2.45, 2.75) is 50.1 Å². The van der Waals surface area contributed by atoms with Crippen LogP contribution in [0.15, 0.2) is 40.9 Å². The van der Waals surface area contributed by atoms with Gasteiger partial charge in [-0.05, 0) is 56.4 Å². The topological polar surface area (TPSA) is 68.7 Å². The van der Waals surface area contributed by atoms with E-state index >= 15 is 0 Å². The lowest BCUT2D eigenvalue weighted by atomic mass is 9.93. The molecule has 4 rings (SSSR count). The van der Waals surface area contributed by atoms with Gasteiger partial charge in [-0.2, -0.15) is 13.2 Å². The molecule has 1 saturated carbocycles. The molecular weight excluding hydrogens is 457 g/mol. The number of anilines is 1. The lowest BCUT2D eigenvalue weighted by Gasteiger charge is -2.31. The Kier molecular flexibility index (Phi) is 6.56. The summed E-state index contributed by atoms with van der Waals surface area (Å²) in [5.41, 5.74) is 1.25. The number of rotatable bonds is 5. The number of aromatic nitrogens is 1. The molecule has 2 aromatic rings. The Morgan fingerprint density at radius 2 is 1.94 bits per heavy atom. The van der Waals surface area contributed by atoms with Gasteiger partial charge in [0.2, 0.25) is 5.88 Å². The molecule has 2 aliphatic rings. The van der Waals surface area contributed by atoms with Gasteiger partial charge in [-0.1, -0.05) is 24.1 Å². The largest absolute Gasteiger partial charge is 0.489 e. The average Bonchev–Trinajstić information content (AvgIpc) is 2.79. The van der Waals surface area contributed by atoms with Crippen molar-refractivity contribution in [2.75, 3.05) is 24.1 Å². The second-order valence-corrected chi connectivity index (χ2v) is 9.80. The maximum atomic E-state index is 13.6. The second-order valence-electron chi connectivity index (χ2n) is 7.97. The van der Waals surface area contributed by atoms with Crippen LogP contribution in [0.5, 0.6) is 11.6 Å². The SMILES string of the molecule is CCOc1ncc(C(F)(F)F)cc1S(=O)(=O)N1CCOc2ccc(C=C3CCCCC3)cc21. The molecule has 0 radical (unpaired) electrons. The van der Waals surface area contributed by atoms with Crippen molar-refractivity contribution in [3.05, 3.63) is 47.2 Å². The number of allylic oxidation sites excluding steroid dienone is 1. The van der Waals surface area contributed by atoms with Gasteiger partial charge in [-0.25, -0.2) is 13.4 Å². The van der Waals surface area contributed by atoms with Crippen LogP contribution in [0.3, 0.4) is 0 Å². The smallest absolute Gasteiger partial charge is 0.417 e. The molecule has 1 aromatic carbocycles. The molecule has 0 saturated heterocycles. The molecule has 0 atom stereocenters. The van der Waals surface area contributed by atoms with Crippen LogP contribution in [0.4, 0.5) is 18.9 Å². The highest BCUT2D eigenvalue weighted by Crippen LogP contribution is 2.40. The van der Waals surface area contributed by atoms with Gasteiger partial charge >= 0.3 is 6.18 Å². The van der Waals surface area contributed by atoms with Crippen LogP contribution in [-0.2, 0) is 16.2 Å². The number of halogens is 3. The van der Waals surface area contributed by atoms with Gasteiger partial charge in [0.15, 0.2) is 4.90 Å². The molecule has 2 heterocycles. The molecule has 0 unspecified atom stereocenters. The van der Waals surface area contributed by atoms with Crippen molar-refractivity contribution in [1.29, 1.82) is 0 Å². The van der Waals surface area contributed by atoms with Crippen LogP contribution < -0.4 is 13.8 Å². The third-order valence-corrected chi connectivity index (χ3v) is 7.47. The molecule has 0 bridgehead atoms. The zero-order chi connectivity index (χ0) is 23.6. The van der Waals surface area contributed by atoms with E-state index in [-0.39, 0.29) is 31.3 Å². The van der Waals surface area contributed by atoms with E-state index in [1.54, 1.807) is 19.1 Å². The van der Waals surface area contributed by atoms with E-state index in [1.165, 1.54) is 12.0 Å². The molecule has 1 fully saturated rings. The van der Waals surface area contributed by atoms with Crippen LogP contribution in [0.1, 0.15) is 50.2 Å². The Bertz CT molecular complexity index is 1150. The second kappa shape index (κ2) is 9.24. The Hall–Kier alpha value is -2.75. The molecule has 0 spiro atoms. The van der Waals surface area contributed by atoms with Gasteiger partial charge in [0, 0.05) is 6.20 Å². The zero-order valence-corrected chi connectivity index (χ0v) is 19.0. The Labute approximate surface area is 191 Å². The summed E-state index contributed by atoms with van der Waals surface area (Å²) in [6, 6.07) is 5.83. The summed E-state index contributed by atoms with van der Waals surface area (Å²) >= 11 is 0. The van der Waals surface area contributed by atoms with Crippen molar-refractivity contribution in [2.24, 2.45) is 0 Å². The van der Waals surface area contributed by atoms with Crippen LogP contribution in [-0.4, -0.2) is 33.2 Å². The van der Waals surface area contributed by atoms with E-state index in [4.69, 9.17) is 9.47 Å². The Balaban J connectivity index is 1.78. The first-order chi connectivity index (χ1) is 15.7. The standard InChI is InChI=1S/C23H25F3N2O4S/c1-2-31-22-21(14-18(15-27-22)23(24,25)26)33(29,30)28-10-11-32-20-9-8-17(13-19(20)28)12-16-6-4-3-5-7-16/h8-9,12-15H,2-7,10-11H2,1H3. The third-order valence-electron chi connectivity index (χ3n) is 5.66. The molecule has 0 amide bonds. The summed E-state index contributed by atoms with van der Waals surface area (Å²) in [4.78, 5) is 3.04. The molecule has 1 aliphatic heterocycles. The van der Waals surface area contributed by atoms with Crippen molar-refractivity contribution in [3.8, 4) is 11.6 Å².